The number of ether oxygens (including phenoxy) is 1. The average molecular weight is 390 g/mol. The number of aromatic nitrogens is 1. The van der Waals surface area contributed by atoms with Crippen LogP contribution in [-0.4, -0.2) is 22.9 Å². The van der Waals surface area contributed by atoms with Crippen LogP contribution in [0.1, 0.15) is 43.2 Å². The Hall–Kier alpha value is -3.72. The first kappa shape index (κ1) is 20.0. The molecule has 5 nitrogen and oxygen atoms in total. The van der Waals surface area contributed by atoms with Gasteiger partial charge < -0.3 is 9.30 Å². The Morgan fingerprint density at radius 1 is 1.10 bits per heavy atom. The van der Waals surface area contributed by atoms with Crippen molar-refractivity contribution in [2.45, 2.75) is 20.4 Å². The van der Waals surface area contributed by atoms with Crippen molar-refractivity contribution in [3.05, 3.63) is 94.1 Å². The molecule has 29 heavy (non-hydrogen) atoms. The van der Waals surface area contributed by atoms with Gasteiger partial charge in [0.1, 0.15) is 5.82 Å². The van der Waals surface area contributed by atoms with Crippen LogP contribution < -0.4 is 0 Å². The number of benzene rings is 2. The second kappa shape index (κ2) is 8.53. The van der Waals surface area contributed by atoms with Gasteiger partial charge in [0.15, 0.2) is 6.61 Å². The third-order valence-electron chi connectivity index (χ3n) is 4.69. The maximum absolute atomic E-state index is 13.1. The van der Waals surface area contributed by atoms with E-state index in [1.807, 2.05) is 24.5 Å². The molecule has 2 aromatic carbocycles. The van der Waals surface area contributed by atoms with E-state index in [0.29, 0.717) is 17.7 Å². The first-order valence-corrected chi connectivity index (χ1v) is 9.00. The molecule has 0 spiro atoms. The summed E-state index contributed by atoms with van der Waals surface area (Å²) in [6, 6.07) is 16.0. The van der Waals surface area contributed by atoms with E-state index in [1.54, 1.807) is 30.3 Å². The van der Waals surface area contributed by atoms with Crippen LogP contribution in [0.4, 0.5) is 4.39 Å². The smallest absolute Gasteiger partial charge is 0.338 e. The minimum absolute atomic E-state index is 0.221. The molecule has 0 saturated heterocycles. The lowest BCUT2D eigenvalue weighted by Gasteiger charge is -2.10. The minimum atomic E-state index is -0.657. The van der Waals surface area contributed by atoms with E-state index in [0.717, 1.165) is 17.0 Å². The number of nitrogens with zero attached hydrogens (tertiary/aromatic N) is 2. The highest BCUT2D eigenvalue weighted by Crippen LogP contribution is 2.18. The summed E-state index contributed by atoms with van der Waals surface area (Å²) in [4.78, 5) is 24.7. The van der Waals surface area contributed by atoms with Crippen LogP contribution in [-0.2, 0) is 11.3 Å². The van der Waals surface area contributed by atoms with Crippen molar-refractivity contribution in [1.82, 2.24) is 4.57 Å². The average Bonchev–Trinajstić information content (AvgIpc) is 3.01. The molecule has 0 atom stereocenters. The number of nitriles is 1. The van der Waals surface area contributed by atoms with Crippen molar-refractivity contribution in [2.75, 3.05) is 6.61 Å². The maximum atomic E-state index is 13.1. The highest BCUT2D eigenvalue weighted by molar-refractivity contribution is 6.00. The van der Waals surface area contributed by atoms with Crippen molar-refractivity contribution in [3.63, 3.8) is 0 Å². The number of aryl methyl sites for hydroxylation is 1. The molecule has 0 N–H and O–H groups in total. The number of hydrogen-bond acceptors (Lipinski definition) is 4. The summed E-state index contributed by atoms with van der Waals surface area (Å²) in [5.41, 5.74) is 3.58. The molecule has 6 heteroatoms. The lowest BCUT2D eigenvalue weighted by molar-refractivity contribution is 0.0474. The van der Waals surface area contributed by atoms with Gasteiger partial charge in [-0.2, -0.15) is 5.26 Å². The number of ketones is 1. The topological polar surface area (TPSA) is 72.1 Å². The first-order valence-electron chi connectivity index (χ1n) is 9.00. The van der Waals surface area contributed by atoms with Crippen LogP contribution in [0.25, 0.3) is 0 Å². The standard InChI is InChI=1S/C23H19FN2O3/c1-15-10-21(16(2)26(15)13-17-6-8-20(24)9-7-17)22(27)14-29-23(28)19-5-3-4-18(11-19)12-25/h3-11H,13-14H2,1-2H3. The van der Waals surface area contributed by atoms with Gasteiger partial charge in [-0.15, -0.1) is 0 Å². The van der Waals surface area contributed by atoms with Crippen LogP contribution >= 0.6 is 0 Å². The Balaban J connectivity index is 1.70. The zero-order chi connectivity index (χ0) is 21.0. The Morgan fingerprint density at radius 2 is 1.83 bits per heavy atom. The number of esters is 1. The van der Waals surface area contributed by atoms with Gasteiger partial charge in [0.05, 0.1) is 17.2 Å². The van der Waals surface area contributed by atoms with Gasteiger partial charge in [0.25, 0.3) is 0 Å². The van der Waals surface area contributed by atoms with Crippen molar-refractivity contribution < 1.29 is 18.7 Å². The molecule has 0 amide bonds. The van der Waals surface area contributed by atoms with Crippen molar-refractivity contribution in [3.8, 4) is 6.07 Å². The van der Waals surface area contributed by atoms with Gasteiger partial charge >= 0.3 is 5.97 Å². The predicted octanol–water partition coefficient (Wildman–Crippen LogP) is 4.20. The monoisotopic (exact) mass is 390 g/mol. The fourth-order valence-electron chi connectivity index (χ4n) is 3.11. The Morgan fingerprint density at radius 3 is 2.52 bits per heavy atom. The van der Waals surface area contributed by atoms with Crippen molar-refractivity contribution in [2.24, 2.45) is 0 Å². The number of halogens is 1. The van der Waals surface area contributed by atoms with Crippen LogP contribution in [0.3, 0.4) is 0 Å². The quantitative estimate of drug-likeness (QED) is 0.467. The summed E-state index contributed by atoms with van der Waals surface area (Å²) >= 11 is 0. The third kappa shape index (κ3) is 4.58. The Labute approximate surface area is 168 Å². The molecular weight excluding hydrogens is 371 g/mol. The van der Waals surface area contributed by atoms with Gasteiger partial charge in [-0.3, -0.25) is 4.79 Å². The summed E-state index contributed by atoms with van der Waals surface area (Å²) in [7, 11) is 0. The van der Waals surface area contributed by atoms with E-state index in [2.05, 4.69) is 0 Å². The number of hydrogen-bond donors (Lipinski definition) is 0. The molecule has 3 rings (SSSR count). The summed E-state index contributed by atoms with van der Waals surface area (Å²) in [6.45, 7) is 3.82. The minimum Gasteiger partial charge on any atom is -0.454 e. The molecule has 0 aliphatic rings. The zero-order valence-electron chi connectivity index (χ0n) is 16.1. The van der Waals surface area contributed by atoms with E-state index in [-0.39, 0.29) is 17.2 Å². The molecule has 0 radical (unpaired) electrons. The second-order valence-electron chi connectivity index (χ2n) is 6.69. The van der Waals surface area contributed by atoms with E-state index in [4.69, 9.17) is 10.00 Å². The molecule has 1 aromatic heterocycles. The van der Waals surface area contributed by atoms with Gasteiger partial charge in [-0.25, -0.2) is 9.18 Å². The molecule has 146 valence electrons. The van der Waals surface area contributed by atoms with Gasteiger partial charge in [-0.1, -0.05) is 18.2 Å². The SMILES string of the molecule is Cc1cc(C(=O)COC(=O)c2cccc(C#N)c2)c(C)n1Cc1ccc(F)cc1. The van der Waals surface area contributed by atoms with Gasteiger partial charge in [-0.05, 0) is 55.8 Å². The van der Waals surface area contributed by atoms with Crippen LogP contribution in [0, 0.1) is 31.0 Å². The fraction of sp³-hybridized carbons (Fsp3) is 0.174. The second-order valence-corrected chi connectivity index (χ2v) is 6.69. The predicted molar refractivity (Wildman–Crippen MR) is 105 cm³/mol. The molecular formula is C23H19FN2O3. The van der Waals surface area contributed by atoms with E-state index in [1.165, 1.54) is 24.3 Å². The number of carbonyl (C=O) groups excluding carboxylic acids is 2. The van der Waals surface area contributed by atoms with E-state index >= 15 is 0 Å². The Kier molecular flexibility index (Phi) is 5.89. The number of carbonyl (C=O) groups is 2. The highest BCUT2D eigenvalue weighted by atomic mass is 19.1. The summed E-state index contributed by atoms with van der Waals surface area (Å²) < 4.78 is 20.2. The Bertz CT molecular complexity index is 1110. The van der Waals surface area contributed by atoms with Gasteiger partial charge in [0, 0.05) is 23.5 Å². The molecule has 0 unspecified atom stereocenters. The molecule has 1 heterocycles. The molecule has 0 aliphatic heterocycles. The van der Waals surface area contributed by atoms with E-state index in [9.17, 15) is 14.0 Å². The lowest BCUT2D eigenvalue weighted by atomic mass is 10.1. The molecule has 0 aliphatic carbocycles. The summed E-state index contributed by atoms with van der Waals surface area (Å²) in [6.07, 6.45) is 0. The zero-order valence-corrected chi connectivity index (χ0v) is 16.1. The largest absolute Gasteiger partial charge is 0.454 e. The fourth-order valence-corrected chi connectivity index (χ4v) is 3.11. The van der Waals surface area contributed by atoms with Crippen LogP contribution in [0.5, 0.6) is 0 Å². The van der Waals surface area contributed by atoms with E-state index < -0.39 is 12.6 Å². The third-order valence-corrected chi connectivity index (χ3v) is 4.69. The highest BCUT2D eigenvalue weighted by Gasteiger charge is 2.18. The number of rotatable bonds is 6. The normalized spacial score (nSPS) is 10.4. The van der Waals surface area contributed by atoms with Crippen molar-refractivity contribution in [1.29, 1.82) is 5.26 Å². The molecule has 0 bridgehead atoms. The summed E-state index contributed by atoms with van der Waals surface area (Å²) in [5, 5.41) is 8.91. The lowest BCUT2D eigenvalue weighted by Crippen LogP contribution is -2.15. The molecule has 3 aromatic rings. The van der Waals surface area contributed by atoms with Crippen molar-refractivity contribution >= 4 is 11.8 Å². The van der Waals surface area contributed by atoms with Gasteiger partial charge in [0.2, 0.25) is 5.78 Å². The maximum Gasteiger partial charge on any atom is 0.338 e. The number of Topliss-reactive ketones (excluding diaryl/α,β-unsaturated/α-hetero) is 1. The molecule has 0 fully saturated rings. The molecule has 0 saturated carbocycles. The first-order chi connectivity index (χ1) is 13.9. The summed E-state index contributed by atoms with van der Waals surface area (Å²) in [5.74, 6) is -1.27. The van der Waals surface area contributed by atoms with Crippen LogP contribution in [0.2, 0.25) is 0 Å². The van der Waals surface area contributed by atoms with Crippen LogP contribution in [0.15, 0.2) is 54.6 Å².